The van der Waals surface area contributed by atoms with Crippen LogP contribution < -0.4 is 10.5 Å². The van der Waals surface area contributed by atoms with Crippen LogP contribution in [-0.2, 0) is 11.2 Å². The molecule has 0 amide bonds. The summed E-state index contributed by atoms with van der Waals surface area (Å²) in [5, 5.41) is 0. The molecule has 19 heavy (non-hydrogen) atoms. The third-order valence-electron chi connectivity index (χ3n) is 3.39. The smallest absolute Gasteiger partial charge is 0.165 e. The second-order valence-corrected chi connectivity index (χ2v) is 5.28. The van der Waals surface area contributed by atoms with E-state index >= 15 is 0 Å². The lowest BCUT2D eigenvalue weighted by Crippen LogP contribution is -2.23. The zero-order valence-electron chi connectivity index (χ0n) is 11.4. The Balaban J connectivity index is 2.01. The van der Waals surface area contributed by atoms with E-state index in [1.807, 2.05) is 13.0 Å². The third kappa shape index (κ3) is 4.18. The fourth-order valence-corrected chi connectivity index (χ4v) is 2.34. The molecule has 1 aliphatic heterocycles. The molecule has 1 saturated heterocycles. The molecule has 3 nitrogen and oxygen atoms in total. The molecule has 0 spiro atoms. The predicted octanol–water partition coefficient (Wildman–Crippen LogP) is 2.52. The van der Waals surface area contributed by atoms with Crippen molar-refractivity contribution >= 4 is 0 Å². The summed E-state index contributed by atoms with van der Waals surface area (Å²) < 4.78 is 24.9. The molecule has 2 N–H and O–H groups in total. The number of rotatable bonds is 5. The zero-order valence-corrected chi connectivity index (χ0v) is 11.4. The molecule has 0 aliphatic carbocycles. The molecule has 0 bridgehead atoms. The first-order valence-electron chi connectivity index (χ1n) is 6.90. The second kappa shape index (κ2) is 6.87. The Labute approximate surface area is 113 Å². The number of para-hydroxylation sites is 1. The van der Waals surface area contributed by atoms with E-state index in [-0.39, 0.29) is 11.9 Å². The molecule has 1 aliphatic rings. The summed E-state index contributed by atoms with van der Waals surface area (Å²) in [5.41, 5.74) is 6.64. The molecule has 1 aromatic carbocycles. The van der Waals surface area contributed by atoms with Crippen LogP contribution in [0.5, 0.6) is 5.75 Å². The normalized spacial score (nSPS) is 18.3. The van der Waals surface area contributed by atoms with Crippen LogP contribution in [0.4, 0.5) is 4.39 Å². The number of benzene rings is 1. The number of halogens is 1. The highest BCUT2D eigenvalue weighted by Gasteiger charge is 2.17. The van der Waals surface area contributed by atoms with Crippen LogP contribution >= 0.6 is 0 Å². The minimum Gasteiger partial charge on any atom is -0.490 e. The van der Waals surface area contributed by atoms with Crippen molar-refractivity contribution < 1.29 is 13.9 Å². The van der Waals surface area contributed by atoms with Crippen LogP contribution in [0.2, 0.25) is 0 Å². The molecule has 0 aromatic heterocycles. The van der Waals surface area contributed by atoms with E-state index in [1.165, 1.54) is 6.07 Å². The summed E-state index contributed by atoms with van der Waals surface area (Å²) in [4.78, 5) is 0. The Hall–Kier alpha value is -1.13. The highest BCUT2D eigenvalue weighted by atomic mass is 19.1. The lowest BCUT2D eigenvalue weighted by molar-refractivity contribution is 0.0490. The van der Waals surface area contributed by atoms with E-state index in [2.05, 4.69) is 0 Å². The van der Waals surface area contributed by atoms with Gasteiger partial charge in [0.05, 0.1) is 6.61 Å². The minimum atomic E-state index is -0.301. The van der Waals surface area contributed by atoms with E-state index in [0.29, 0.717) is 24.7 Å². The molecule has 1 aromatic rings. The monoisotopic (exact) mass is 267 g/mol. The fourth-order valence-electron chi connectivity index (χ4n) is 2.34. The van der Waals surface area contributed by atoms with Gasteiger partial charge in [0.15, 0.2) is 11.6 Å². The van der Waals surface area contributed by atoms with Crippen molar-refractivity contribution in [2.75, 3.05) is 19.8 Å². The van der Waals surface area contributed by atoms with Crippen molar-refractivity contribution in [1.82, 2.24) is 0 Å². The fraction of sp³-hybridized carbons (Fsp3) is 0.600. The summed E-state index contributed by atoms with van der Waals surface area (Å²) in [6.45, 7) is 4.01. The first kappa shape index (κ1) is 14.3. The van der Waals surface area contributed by atoms with Crippen LogP contribution in [0.25, 0.3) is 0 Å². The van der Waals surface area contributed by atoms with Gasteiger partial charge in [-0.15, -0.1) is 0 Å². The Bertz CT molecular complexity index is 403. The first-order valence-corrected chi connectivity index (χ1v) is 6.90. The summed E-state index contributed by atoms with van der Waals surface area (Å²) in [6.07, 6.45) is 2.59. The Kier molecular flexibility index (Phi) is 5.16. The second-order valence-electron chi connectivity index (χ2n) is 5.28. The van der Waals surface area contributed by atoms with Crippen LogP contribution in [0, 0.1) is 11.7 Å². The number of hydrogen-bond acceptors (Lipinski definition) is 3. The molecule has 2 rings (SSSR count). The van der Waals surface area contributed by atoms with Crippen LogP contribution in [0.3, 0.4) is 0 Å². The first-order chi connectivity index (χ1) is 9.16. The van der Waals surface area contributed by atoms with Crippen molar-refractivity contribution in [3.8, 4) is 5.75 Å². The maximum atomic E-state index is 13.9. The maximum absolute atomic E-state index is 13.9. The standard InChI is InChI=1S/C15H22FNO2/c1-11(17)9-13-3-2-4-14(16)15(13)19-10-12-5-7-18-8-6-12/h2-4,11-12H,5-10,17H2,1H3. The molecule has 1 unspecified atom stereocenters. The van der Waals surface area contributed by atoms with Gasteiger partial charge in [0.25, 0.3) is 0 Å². The molecular formula is C15H22FNO2. The van der Waals surface area contributed by atoms with Gasteiger partial charge in [-0.2, -0.15) is 0 Å². The summed E-state index contributed by atoms with van der Waals surface area (Å²) in [5.74, 6) is 0.521. The molecule has 1 fully saturated rings. The van der Waals surface area contributed by atoms with Crippen LogP contribution in [0.1, 0.15) is 25.3 Å². The van der Waals surface area contributed by atoms with Crippen LogP contribution in [-0.4, -0.2) is 25.9 Å². The average molecular weight is 267 g/mol. The lowest BCUT2D eigenvalue weighted by Gasteiger charge is -2.23. The summed E-state index contributed by atoms with van der Waals surface area (Å²) >= 11 is 0. The van der Waals surface area contributed by atoms with Crippen molar-refractivity contribution in [3.05, 3.63) is 29.6 Å². The maximum Gasteiger partial charge on any atom is 0.165 e. The van der Waals surface area contributed by atoms with Crippen LogP contribution in [0.15, 0.2) is 18.2 Å². The molecule has 106 valence electrons. The average Bonchev–Trinajstić information content (AvgIpc) is 2.38. The van der Waals surface area contributed by atoms with Crippen molar-refractivity contribution in [1.29, 1.82) is 0 Å². The topological polar surface area (TPSA) is 44.5 Å². The Morgan fingerprint density at radius 3 is 2.84 bits per heavy atom. The van der Waals surface area contributed by atoms with Gasteiger partial charge in [-0.3, -0.25) is 0 Å². The largest absolute Gasteiger partial charge is 0.490 e. The van der Waals surface area contributed by atoms with Gasteiger partial charge in [0, 0.05) is 19.3 Å². The number of ether oxygens (including phenoxy) is 2. The SMILES string of the molecule is CC(N)Cc1cccc(F)c1OCC1CCOCC1. The van der Waals surface area contributed by atoms with Gasteiger partial charge in [-0.1, -0.05) is 12.1 Å². The molecule has 0 radical (unpaired) electrons. The summed E-state index contributed by atoms with van der Waals surface area (Å²) in [6, 6.07) is 5.01. The number of hydrogen-bond donors (Lipinski definition) is 1. The lowest BCUT2D eigenvalue weighted by atomic mass is 10.0. The van der Waals surface area contributed by atoms with Crippen molar-refractivity contribution in [2.45, 2.75) is 32.2 Å². The Morgan fingerprint density at radius 2 is 2.16 bits per heavy atom. The van der Waals surface area contributed by atoms with E-state index in [0.717, 1.165) is 31.6 Å². The Morgan fingerprint density at radius 1 is 1.42 bits per heavy atom. The van der Waals surface area contributed by atoms with Gasteiger partial charge >= 0.3 is 0 Å². The van der Waals surface area contributed by atoms with Gasteiger partial charge in [-0.25, -0.2) is 4.39 Å². The zero-order chi connectivity index (χ0) is 13.7. The molecule has 4 heteroatoms. The molecular weight excluding hydrogens is 245 g/mol. The van der Waals surface area contributed by atoms with E-state index < -0.39 is 0 Å². The summed E-state index contributed by atoms with van der Waals surface area (Å²) in [7, 11) is 0. The predicted molar refractivity (Wildman–Crippen MR) is 72.8 cm³/mol. The minimum absolute atomic E-state index is 0.00719. The molecule has 0 saturated carbocycles. The van der Waals surface area contributed by atoms with Gasteiger partial charge < -0.3 is 15.2 Å². The van der Waals surface area contributed by atoms with Crippen molar-refractivity contribution in [3.63, 3.8) is 0 Å². The van der Waals surface area contributed by atoms with Gasteiger partial charge in [-0.05, 0) is 43.7 Å². The molecule has 1 heterocycles. The third-order valence-corrected chi connectivity index (χ3v) is 3.39. The van der Waals surface area contributed by atoms with E-state index in [1.54, 1.807) is 6.07 Å². The highest BCUT2D eigenvalue weighted by Crippen LogP contribution is 2.25. The number of nitrogens with two attached hydrogens (primary N) is 1. The van der Waals surface area contributed by atoms with Gasteiger partial charge in [0.2, 0.25) is 0 Å². The molecule has 1 atom stereocenters. The quantitative estimate of drug-likeness (QED) is 0.891. The van der Waals surface area contributed by atoms with E-state index in [4.69, 9.17) is 15.2 Å². The highest BCUT2D eigenvalue weighted by molar-refractivity contribution is 5.35. The van der Waals surface area contributed by atoms with E-state index in [9.17, 15) is 4.39 Å². The van der Waals surface area contributed by atoms with Gasteiger partial charge in [0.1, 0.15) is 0 Å². The van der Waals surface area contributed by atoms with Crippen molar-refractivity contribution in [2.24, 2.45) is 11.7 Å².